The molecule has 0 saturated carbocycles. The Kier molecular flexibility index (Phi) is 4.39. The monoisotopic (exact) mass is 408 g/mol. The first kappa shape index (κ1) is 18.6. The van der Waals surface area contributed by atoms with E-state index in [0.717, 1.165) is 5.56 Å². The minimum Gasteiger partial charge on any atom is -0.320 e. The van der Waals surface area contributed by atoms with Gasteiger partial charge in [0.1, 0.15) is 30.3 Å². The molecule has 5 rings (SSSR count). The van der Waals surface area contributed by atoms with Crippen molar-refractivity contribution in [1.29, 1.82) is 0 Å². The minimum absolute atomic E-state index is 0.0713. The summed E-state index contributed by atoms with van der Waals surface area (Å²) < 4.78 is 29.6. The fourth-order valence-electron chi connectivity index (χ4n) is 4.15. The molecule has 2 aromatic carbocycles. The topological polar surface area (TPSA) is 84.2 Å². The Morgan fingerprint density at radius 2 is 1.97 bits per heavy atom. The second-order valence-electron chi connectivity index (χ2n) is 7.21. The normalized spacial score (nSPS) is 20.2. The van der Waals surface area contributed by atoms with Crippen LogP contribution in [-0.4, -0.2) is 32.8 Å². The van der Waals surface area contributed by atoms with Crippen LogP contribution in [0.25, 0.3) is 0 Å². The molecule has 2 unspecified atom stereocenters. The molecule has 0 radical (unpaired) electrons. The number of ketones is 1. The van der Waals surface area contributed by atoms with Crippen molar-refractivity contribution in [1.82, 2.24) is 20.2 Å². The van der Waals surface area contributed by atoms with Gasteiger partial charge in [0.25, 0.3) is 0 Å². The summed E-state index contributed by atoms with van der Waals surface area (Å²) in [4.78, 5) is 21.6. The molecule has 0 aliphatic carbocycles. The number of rotatable bonds is 3. The predicted molar refractivity (Wildman–Crippen MR) is 106 cm³/mol. The number of carbonyl (C=O) groups excluding carboxylic acids is 1. The maximum absolute atomic E-state index is 14.2. The summed E-state index contributed by atoms with van der Waals surface area (Å²) in [5.41, 5.74) is 8.93. The lowest BCUT2D eigenvalue weighted by molar-refractivity contribution is 0.0999. The highest BCUT2D eigenvalue weighted by molar-refractivity contribution is 6.20. The Labute approximate surface area is 170 Å². The quantitative estimate of drug-likeness (QED) is 0.696. The van der Waals surface area contributed by atoms with E-state index in [1.54, 1.807) is 16.8 Å². The first-order chi connectivity index (χ1) is 14.6. The zero-order chi connectivity index (χ0) is 20.8. The lowest BCUT2D eigenvalue weighted by Crippen LogP contribution is -2.34. The average molecular weight is 408 g/mol. The van der Waals surface area contributed by atoms with Gasteiger partial charge in [-0.2, -0.15) is 5.10 Å². The third-order valence-electron chi connectivity index (χ3n) is 5.50. The van der Waals surface area contributed by atoms with Gasteiger partial charge in [-0.1, -0.05) is 12.1 Å². The van der Waals surface area contributed by atoms with E-state index in [1.807, 2.05) is 6.92 Å². The molecule has 30 heavy (non-hydrogen) atoms. The third-order valence-corrected chi connectivity index (χ3v) is 5.50. The number of aliphatic imine (C=N–C) groups is 1. The number of anilines is 1. The van der Waals surface area contributed by atoms with Gasteiger partial charge in [-0.25, -0.2) is 23.9 Å². The van der Waals surface area contributed by atoms with Crippen molar-refractivity contribution < 1.29 is 13.6 Å². The van der Waals surface area contributed by atoms with Crippen LogP contribution in [0.3, 0.4) is 0 Å². The molecule has 1 aromatic heterocycles. The number of carbonyl (C=O) groups is 1. The van der Waals surface area contributed by atoms with Crippen molar-refractivity contribution in [2.45, 2.75) is 25.4 Å². The second-order valence-corrected chi connectivity index (χ2v) is 7.21. The SMILES string of the molecule is CCn1ncnc1C1C2=NCC(=O)c3cc(F)cc(c32)NNC1c1ccc(F)cc1. The largest absolute Gasteiger partial charge is 0.320 e. The number of nitrogens with one attached hydrogen (secondary N) is 2. The van der Waals surface area contributed by atoms with Crippen LogP contribution in [0.1, 0.15) is 46.2 Å². The van der Waals surface area contributed by atoms with Crippen LogP contribution in [0.2, 0.25) is 0 Å². The van der Waals surface area contributed by atoms with Crippen molar-refractivity contribution in [3.63, 3.8) is 0 Å². The van der Waals surface area contributed by atoms with Crippen LogP contribution in [0.5, 0.6) is 0 Å². The second kappa shape index (κ2) is 7.10. The van der Waals surface area contributed by atoms with Gasteiger partial charge in [-0.3, -0.25) is 9.79 Å². The van der Waals surface area contributed by atoms with E-state index in [9.17, 15) is 13.6 Å². The number of nitrogens with zero attached hydrogens (tertiary/aromatic N) is 4. The summed E-state index contributed by atoms with van der Waals surface area (Å²) in [6, 6.07) is 8.28. The van der Waals surface area contributed by atoms with E-state index < -0.39 is 17.8 Å². The van der Waals surface area contributed by atoms with Crippen molar-refractivity contribution in [3.05, 3.63) is 76.9 Å². The van der Waals surface area contributed by atoms with Gasteiger partial charge in [0.15, 0.2) is 5.78 Å². The summed E-state index contributed by atoms with van der Waals surface area (Å²) in [5.74, 6) is -0.892. The highest BCUT2D eigenvalue weighted by Gasteiger charge is 2.40. The van der Waals surface area contributed by atoms with Gasteiger partial charge in [0.05, 0.1) is 23.4 Å². The Balaban J connectivity index is 1.75. The maximum atomic E-state index is 14.2. The highest BCUT2D eigenvalue weighted by atomic mass is 19.1. The van der Waals surface area contributed by atoms with Crippen molar-refractivity contribution >= 4 is 17.2 Å². The standard InChI is InChI=1S/C21H18F2N6O/c1-2-29-21(25-10-26-29)18-19(11-3-5-12(22)6-4-11)28-27-15-8-13(23)7-14-16(30)9-24-20(18)17(14)15/h3-8,10,18-19,27-28H,2,9H2,1H3. The summed E-state index contributed by atoms with van der Waals surface area (Å²) in [5, 5.41) is 4.29. The van der Waals surface area contributed by atoms with Gasteiger partial charge in [-0.15, -0.1) is 0 Å². The Bertz CT molecular complexity index is 1170. The fourth-order valence-corrected chi connectivity index (χ4v) is 4.15. The average Bonchev–Trinajstić information content (AvgIpc) is 3.15. The van der Waals surface area contributed by atoms with Crippen LogP contribution in [0.15, 0.2) is 47.7 Å². The van der Waals surface area contributed by atoms with Gasteiger partial charge >= 0.3 is 0 Å². The molecule has 9 heteroatoms. The van der Waals surface area contributed by atoms with E-state index >= 15 is 0 Å². The number of hydrogen-bond donors (Lipinski definition) is 2. The third kappa shape index (κ3) is 2.89. The number of aryl methyl sites for hydroxylation is 1. The summed E-state index contributed by atoms with van der Waals surface area (Å²) >= 11 is 0. The number of aromatic nitrogens is 3. The first-order valence-corrected chi connectivity index (χ1v) is 9.63. The van der Waals surface area contributed by atoms with Crippen LogP contribution in [-0.2, 0) is 6.54 Å². The molecule has 0 bridgehead atoms. The van der Waals surface area contributed by atoms with Crippen LogP contribution >= 0.6 is 0 Å². The fraction of sp³-hybridized carbons (Fsp3) is 0.238. The van der Waals surface area contributed by atoms with Crippen LogP contribution in [0, 0.1) is 11.6 Å². The van der Waals surface area contributed by atoms with E-state index in [2.05, 4.69) is 25.9 Å². The summed E-state index contributed by atoms with van der Waals surface area (Å²) in [6.07, 6.45) is 1.47. The van der Waals surface area contributed by atoms with E-state index in [1.165, 1.54) is 30.6 Å². The molecule has 2 N–H and O–H groups in total. The molecular formula is C21H18F2N6O. The molecule has 2 aliphatic rings. The number of halogens is 2. The summed E-state index contributed by atoms with van der Waals surface area (Å²) in [7, 11) is 0. The van der Waals surface area contributed by atoms with Crippen molar-refractivity contribution in [2.75, 3.05) is 12.0 Å². The van der Waals surface area contributed by atoms with Gasteiger partial charge in [0, 0.05) is 17.7 Å². The van der Waals surface area contributed by atoms with Crippen LogP contribution < -0.4 is 10.9 Å². The van der Waals surface area contributed by atoms with E-state index in [0.29, 0.717) is 29.3 Å². The number of benzene rings is 2. The smallest absolute Gasteiger partial charge is 0.185 e. The molecule has 2 atom stereocenters. The number of Topliss-reactive ketones (excluding diaryl/α,β-unsaturated/α-hetero) is 1. The molecule has 0 spiro atoms. The zero-order valence-corrected chi connectivity index (χ0v) is 16.1. The van der Waals surface area contributed by atoms with E-state index in [-0.39, 0.29) is 23.7 Å². The Morgan fingerprint density at radius 1 is 1.17 bits per heavy atom. The Morgan fingerprint density at radius 3 is 2.73 bits per heavy atom. The molecule has 3 heterocycles. The highest BCUT2D eigenvalue weighted by Crippen LogP contribution is 2.40. The predicted octanol–water partition coefficient (Wildman–Crippen LogP) is 3.02. The van der Waals surface area contributed by atoms with Crippen LogP contribution in [0.4, 0.5) is 14.5 Å². The molecular weight excluding hydrogens is 390 g/mol. The maximum Gasteiger partial charge on any atom is 0.185 e. The molecule has 7 nitrogen and oxygen atoms in total. The minimum atomic E-state index is -0.513. The zero-order valence-electron chi connectivity index (χ0n) is 16.1. The Hall–Kier alpha value is -3.46. The molecule has 0 saturated heterocycles. The molecule has 0 fully saturated rings. The lowest BCUT2D eigenvalue weighted by atomic mass is 9.82. The number of hydrazine groups is 1. The van der Waals surface area contributed by atoms with Gasteiger partial charge < -0.3 is 5.43 Å². The molecule has 3 aromatic rings. The van der Waals surface area contributed by atoms with E-state index in [4.69, 9.17) is 0 Å². The first-order valence-electron chi connectivity index (χ1n) is 9.63. The van der Waals surface area contributed by atoms with Crippen molar-refractivity contribution in [3.8, 4) is 0 Å². The van der Waals surface area contributed by atoms with Crippen molar-refractivity contribution in [2.24, 2.45) is 4.99 Å². The summed E-state index contributed by atoms with van der Waals surface area (Å²) in [6.45, 7) is 2.47. The van der Waals surface area contributed by atoms with Gasteiger partial charge in [0.2, 0.25) is 0 Å². The molecule has 2 aliphatic heterocycles. The molecule has 152 valence electrons. The number of hydrogen-bond acceptors (Lipinski definition) is 6. The lowest BCUT2D eigenvalue weighted by Gasteiger charge is -2.28. The van der Waals surface area contributed by atoms with Gasteiger partial charge in [-0.05, 0) is 36.8 Å². The molecule has 0 amide bonds.